The van der Waals surface area contributed by atoms with E-state index in [4.69, 9.17) is 15.2 Å². The van der Waals surface area contributed by atoms with Crippen LogP contribution in [0.5, 0.6) is 5.75 Å². The number of hydrogen-bond donors (Lipinski definition) is 1. The summed E-state index contributed by atoms with van der Waals surface area (Å²) in [5.74, 6) is 0.00165. The molecular weight excluding hydrogens is 247 g/mol. The Balaban J connectivity index is 2.11. The molecular formula is C14H21FN2O2. The first kappa shape index (κ1) is 14.2. The van der Waals surface area contributed by atoms with Crippen molar-refractivity contribution in [1.29, 1.82) is 0 Å². The van der Waals surface area contributed by atoms with Gasteiger partial charge in [-0.05, 0) is 13.0 Å². The molecule has 2 unspecified atom stereocenters. The zero-order valence-corrected chi connectivity index (χ0v) is 11.4. The first-order valence-electron chi connectivity index (χ1n) is 6.52. The Morgan fingerprint density at radius 2 is 2.32 bits per heavy atom. The number of benzene rings is 1. The Hall–Kier alpha value is -1.17. The molecule has 1 aromatic carbocycles. The Bertz CT molecular complexity index is 428. The van der Waals surface area contributed by atoms with Crippen LogP contribution in [0.4, 0.5) is 4.39 Å². The van der Waals surface area contributed by atoms with E-state index in [0.29, 0.717) is 25.3 Å². The highest BCUT2D eigenvalue weighted by Crippen LogP contribution is 2.23. The van der Waals surface area contributed by atoms with Crippen LogP contribution in [0.25, 0.3) is 0 Å². The number of hydrogen-bond acceptors (Lipinski definition) is 4. The molecule has 0 aliphatic carbocycles. The van der Waals surface area contributed by atoms with Gasteiger partial charge in [-0.15, -0.1) is 0 Å². The highest BCUT2D eigenvalue weighted by molar-refractivity contribution is 5.31. The minimum Gasteiger partial charge on any atom is -0.494 e. The van der Waals surface area contributed by atoms with Crippen molar-refractivity contribution in [1.82, 2.24) is 4.90 Å². The Labute approximate surface area is 113 Å². The number of methoxy groups -OCH3 is 1. The topological polar surface area (TPSA) is 47.7 Å². The molecule has 1 aromatic rings. The zero-order chi connectivity index (χ0) is 13.8. The molecule has 1 aliphatic rings. The van der Waals surface area contributed by atoms with Gasteiger partial charge in [0.15, 0.2) is 11.6 Å². The van der Waals surface area contributed by atoms with E-state index >= 15 is 0 Å². The molecule has 1 heterocycles. The lowest BCUT2D eigenvalue weighted by Gasteiger charge is -2.37. The number of nitrogens with two attached hydrogens (primary N) is 1. The Morgan fingerprint density at radius 3 is 3.00 bits per heavy atom. The van der Waals surface area contributed by atoms with Crippen molar-refractivity contribution in [2.75, 3.05) is 26.8 Å². The summed E-state index contributed by atoms with van der Waals surface area (Å²) in [6, 6.07) is 5.48. The minimum atomic E-state index is -0.284. The fourth-order valence-electron chi connectivity index (χ4n) is 2.29. The molecule has 0 amide bonds. The number of rotatable bonds is 4. The van der Waals surface area contributed by atoms with Crippen LogP contribution in [0.3, 0.4) is 0 Å². The molecule has 19 heavy (non-hydrogen) atoms. The van der Waals surface area contributed by atoms with Gasteiger partial charge in [-0.25, -0.2) is 4.39 Å². The molecule has 0 radical (unpaired) electrons. The third kappa shape index (κ3) is 3.23. The average molecular weight is 268 g/mol. The second-order valence-corrected chi connectivity index (χ2v) is 4.90. The van der Waals surface area contributed by atoms with Crippen LogP contribution < -0.4 is 10.5 Å². The van der Waals surface area contributed by atoms with Crippen LogP contribution in [0.1, 0.15) is 12.5 Å². The van der Waals surface area contributed by atoms with E-state index in [9.17, 15) is 4.39 Å². The van der Waals surface area contributed by atoms with Crippen molar-refractivity contribution in [3.05, 3.63) is 29.6 Å². The first-order valence-corrected chi connectivity index (χ1v) is 6.52. The van der Waals surface area contributed by atoms with E-state index < -0.39 is 0 Å². The molecule has 106 valence electrons. The maximum atomic E-state index is 14.1. The van der Waals surface area contributed by atoms with E-state index in [-0.39, 0.29) is 23.7 Å². The van der Waals surface area contributed by atoms with Gasteiger partial charge in [0.05, 0.1) is 19.8 Å². The monoisotopic (exact) mass is 268 g/mol. The van der Waals surface area contributed by atoms with Crippen LogP contribution in [0.15, 0.2) is 18.2 Å². The van der Waals surface area contributed by atoms with Crippen LogP contribution in [0.2, 0.25) is 0 Å². The minimum absolute atomic E-state index is 0.0323. The van der Waals surface area contributed by atoms with Crippen LogP contribution in [-0.4, -0.2) is 43.9 Å². The Kier molecular flexibility index (Phi) is 4.74. The molecule has 0 bridgehead atoms. The quantitative estimate of drug-likeness (QED) is 0.896. The van der Waals surface area contributed by atoms with Gasteiger partial charge >= 0.3 is 0 Å². The molecule has 2 atom stereocenters. The third-order valence-electron chi connectivity index (χ3n) is 3.53. The SMILES string of the molecule is COc1cccc(CN2CC(CN)OCC2C)c1F. The van der Waals surface area contributed by atoms with Crippen molar-refractivity contribution in [3.8, 4) is 5.75 Å². The second kappa shape index (κ2) is 6.32. The maximum absolute atomic E-state index is 14.1. The Morgan fingerprint density at radius 1 is 1.53 bits per heavy atom. The summed E-state index contributed by atoms with van der Waals surface area (Å²) in [5.41, 5.74) is 6.28. The van der Waals surface area contributed by atoms with Gasteiger partial charge in [-0.1, -0.05) is 12.1 Å². The number of morpholine rings is 1. The van der Waals surface area contributed by atoms with E-state index in [2.05, 4.69) is 11.8 Å². The van der Waals surface area contributed by atoms with E-state index in [1.165, 1.54) is 7.11 Å². The molecule has 2 rings (SSSR count). The van der Waals surface area contributed by atoms with E-state index in [1.54, 1.807) is 12.1 Å². The summed E-state index contributed by atoms with van der Waals surface area (Å²) < 4.78 is 24.7. The molecule has 4 nitrogen and oxygen atoms in total. The smallest absolute Gasteiger partial charge is 0.169 e. The largest absolute Gasteiger partial charge is 0.494 e. The summed E-state index contributed by atoms with van der Waals surface area (Å²) in [5, 5.41) is 0. The van der Waals surface area contributed by atoms with Gasteiger partial charge < -0.3 is 15.2 Å². The fraction of sp³-hybridized carbons (Fsp3) is 0.571. The lowest BCUT2D eigenvalue weighted by atomic mass is 10.1. The maximum Gasteiger partial charge on any atom is 0.169 e. The fourth-order valence-corrected chi connectivity index (χ4v) is 2.29. The first-order chi connectivity index (χ1) is 9.15. The predicted octanol–water partition coefficient (Wildman–Crippen LogP) is 1.38. The van der Waals surface area contributed by atoms with Crippen molar-refractivity contribution in [3.63, 3.8) is 0 Å². The summed E-state index contributed by atoms with van der Waals surface area (Å²) in [6.07, 6.45) is 0.0323. The van der Waals surface area contributed by atoms with E-state index in [1.807, 2.05) is 6.07 Å². The zero-order valence-electron chi connectivity index (χ0n) is 11.4. The number of ether oxygens (including phenoxy) is 2. The van der Waals surface area contributed by atoms with Gasteiger partial charge in [0.2, 0.25) is 0 Å². The second-order valence-electron chi connectivity index (χ2n) is 4.90. The predicted molar refractivity (Wildman–Crippen MR) is 71.6 cm³/mol. The molecule has 0 spiro atoms. The van der Waals surface area contributed by atoms with Crippen molar-refractivity contribution < 1.29 is 13.9 Å². The van der Waals surface area contributed by atoms with Crippen molar-refractivity contribution >= 4 is 0 Å². The third-order valence-corrected chi connectivity index (χ3v) is 3.53. The number of nitrogens with zero attached hydrogens (tertiary/aromatic N) is 1. The van der Waals surface area contributed by atoms with Crippen molar-refractivity contribution in [2.24, 2.45) is 5.73 Å². The van der Waals surface area contributed by atoms with Gasteiger partial charge in [-0.2, -0.15) is 0 Å². The molecule has 5 heteroatoms. The normalized spacial score (nSPS) is 24.4. The molecule has 1 saturated heterocycles. The van der Waals surface area contributed by atoms with Crippen LogP contribution in [-0.2, 0) is 11.3 Å². The molecule has 1 fully saturated rings. The van der Waals surface area contributed by atoms with Gasteiger partial charge in [0.1, 0.15) is 0 Å². The number of halogens is 1. The molecule has 0 saturated carbocycles. The summed E-state index contributed by atoms with van der Waals surface area (Å²) >= 11 is 0. The van der Waals surface area contributed by atoms with Crippen molar-refractivity contribution in [2.45, 2.75) is 25.6 Å². The highest BCUT2D eigenvalue weighted by atomic mass is 19.1. The van der Waals surface area contributed by atoms with Gasteiger partial charge in [-0.3, -0.25) is 4.90 Å². The molecule has 1 aliphatic heterocycles. The van der Waals surface area contributed by atoms with Crippen LogP contribution >= 0.6 is 0 Å². The summed E-state index contributed by atoms with van der Waals surface area (Å²) in [6.45, 7) is 4.47. The average Bonchev–Trinajstić information content (AvgIpc) is 2.43. The summed E-state index contributed by atoms with van der Waals surface area (Å²) in [4.78, 5) is 2.19. The summed E-state index contributed by atoms with van der Waals surface area (Å²) in [7, 11) is 1.48. The molecule has 0 aromatic heterocycles. The van der Waals surface area contributed by atoms with Crippen LogP contribution in [0, 0.1) is 5.82 Å². The highest BCUT2D eigenvalue weighted by Gasteiger charge is 2.26. The molecule has 2 N–H and O–H groups in total. The lowest BCUT2D eigenvalue weighted by molar-refractivity contribution is -0.0570. The standard InChI is InChI=1S/C14H21FN2O2/c1-10-9-19-12(6-16)8-17(10)7-11-4-3-5-13(18-2)14(11)15/h3-5,10,12H,6-9,16H2,1-2H3. The van der Waals surface area contributed by atoms with E-state index in [0.717, 1.165) is 6.54 Å². The van der Waals surface area contributed by atoms with Gasteiger partial charge in [0, 0.05) is 31.2 Å². The lowest BCUT2D eigenvalue weighted by Crippen LogP contribution is -2.50. The van der Waals surface area contributed by atoms with Gasteiger partial charge in [0.25, 0.3) is 0 Å².